The molecule has 0 radical (unpaired) electrons. The summed E-state index contributed by atoms with van der Waals surface area (Å²) in [6.07, 6.45) is 1.32. The van der Waals surface area contributed by atoms with Crippen LogP contribution in [0.5, 0.6) is 0 Å². The number of carboxylic acid groups (broad SMARTS) is 1. The molecule has 1 unspecified atom stereocenters. The second kappa shape index (κ2) is 6.11. The molecule has 98 valence electrons. The van der Waals surface area contributed by atoms with Crippen molar-refractivity contribution in [1.82, 2.24) is 4.98 Å². The Balaban J connectivity index is 1.93. The molecular formula is C15H15NO3. The van der Waals surface area contributed by atoms with Crippen molar-refractivity contribution < 1.29 is 14.6 Å². The lowest BCUT2D eigenvalue weighted by atomic mass is 10.1. The van der Waals surface area contributed by atoms with E-state index in [0.29, 0.717) is 12.3 Å². The van der Waals surface area contributed by atoms with Crippen LogP contribution in [0.3, 0.4) is 0 Å². The van der Waals surface area contributed by atoms with Gasteiger partial charge in [-0.05, 0) is 24.6 Å². The molecule has 1 atom stereocenters. The molecule has 0 saturated carbocycles. The molecule has 4 heteroatoms. The summed E-state index contributed by atoms with van der Waals surface area (Å²) >= 11 is 0. The van der Waals surface area contributed by atoms with Gasteiger partial charge >= 0.3 is 5.97 Å². The van der Waals surface area contributed by atoms with Crippen LogP contribution in [0.2, 0.25) is 0 Å². The lowest BCUT2D eigenvalue weighted by molar-refractivity contribution is 0.0504. The van der Waals surface area contributed by atoms with E-state index in [1.165, 1.54) is 12.3 Å². The minimum absolute atomic E-state index is 0.0258. The highest BCUT2D eigenvalue weighted by molar-refractivity contribution is 5.87. The van der Waals surface area contributed by atoms with E-state index in [0.717, 1.165) is 5.56 Å². The number of nitrogens with zero attached hydrogens (tertiary/aromatic N) is 1. The first-order valence-corrected chi connectivity index (χ1v) is 6.01. The van der Waals surface area contributed by atoms with Crippen molar-refractivity contribution in [2.24, 2.45) is 0 Å². The van der Waals surface area contributed by atoms with E-state index in [-0.39, 0.29) is 11.7 Å². The van der Waals surface area contributed by atoms with Crippen LogP contribution in [-0.4, -0.2) is 16.1 Å². The Morgan fingerprint density at radius 3 is 2.58 bits per heavy atom. The summed E-state index contributed by atoms with van der Waals surface area (Å²) in [5.74, 6) is -0.974. The minimum atomic E-state index is -0.974. The van der Waals surface area contributed by atoms with E-state index in [4.69, 9.17) is 9.84 Å². The fourth-order valence-corrected chi connectivity index (χ4v) is 1.67. The first-order chi connectivity index (χ1) is 9.16. The predicted molar refractivity (Wildman–Crippen MR) is 70.8 cm³/mol. The maximum atomic E-state index is 10.7. The summed E-state index contributed by atoms with van der Waals surface area (Å²) in [5, 5.41) is 8.77. The van der Waals surface area contributed by atoms with Gasteiger partial charge in [0.25, 0.3) is 0 Å². The number of hydrogen-bond acceptors (Lipinski definition) is 3. The Hall–Kier alpha value is -2.20. The number of pyridine rings is 1. The molecule has 0 aliphatic heterocycles. The van der Waals surface area contributed by atoms with Gasteiger partial charge in [-0.2, -0.15) is 0 Å². The van der Waals surface area contributed by atoms with Crippen LogP contribution in [-0.2, 0) is 11.3 Å². The standard InChI is InChI=1S/C15H15NO3/c1-11(12-5-3-2-4-6-12)19-10-14-8-7-13(9-16-14)15(17)18/h2-9,11H,10H2,1H3,(H,17,18). The van der Waals surface area contributed by atoms with E-state index in [2.05, 4.69) is 4.98 Å². The third-order valence-corrected chi connectivity index (χ3v) is 2.82. The third kappa shape index (κ3) is 3.63. The number of ether oxygens (including phenoxy) is 1. The Morgan fingerprint density at radius 2 is 2.00 bits per heavy atom. The first-order valence-electron chi connectivity index (χ1n) is 6.01. The summed E-state index contributed by atoms with van der Waals surface area (Å²) in [6, 6.07) is 13.1. The average molecular weight is 257 g/mol. The summed E-state index contributed by atoms with van der Waals surface area (Å²) < 4.78 is 5.70. The molecule has 4 nitrogen and oxygen atoms in total. The van der Waals surface area contributed by atoms with E-state index in [9.17, 15) is 4.79 Å². The average Bonchev–Trinajstić information content (AvgIpc) is 2.46. The van der Waals surface area contributed by atoms with Crippen LogP contribution in [0.25, 0.3) is 0 Å². The number of aromatic carboxylic acids is 1. The lowest BCUT2D eigenvalue weighted by Gasteiger charge is -2.13. The Kier molecular flexibility index (Phi) is 4.26. The Labute approximate surface area is 111 Å². The SMILES string of the molecule is CC(OCc1ccc(C(=O)O)cn1)c1ccccc1. The molecule has 2 rings (SSSR count). The van der Waals surface area contributed by atoms with Crippen molar-refractivity contribution in [2.75, 3.05) is 0 Å². The van der Waals surface area contributed by atoms with E-state index >= 15 is 0 Å². The van der Waals surface area contributed by atoms with Gasteiger partial charge in [-0.15, -0.1) is 0 Å². The minimum Gasteiger partial charge on any atom is -0.478 e. The van der Waals surface area contributed by atoms with Gasteiger partial charge in [0.2, 0.25) is 0 Å². The van der Waals surface area contributed by atoms with Gasteiger partial charge in [0.15, 0.2) is 0 Å². The predicted octanol–water partition coefficient (Wildman–Crippen LogP) is 3.06. The quantitative estimate of drug-likeness (QED) is 0.894. The fraction of sp³-hybridized carbons (Fsp3) is 0.200. The van der Waals surface area contributed by atoms with Gasteiger partial charge in [0, 0.05) is 6.20 Å². The topological polar surface area (TPSA) is 59.4 Å². The summed E-state index contributed by atoms with van der Waals surface area (Å²) in [7, 11) is 0. The van der Waals surface area contributed by atoms with Gasteiger partial charge in [-0.25, -0.2) is 4.79 Å². The molecule has 19 heavy (non-hydrogen) atoms. The zero-order valence-electron chi connectivity index (χ0n) is 10.6. The second-order valence-corrected chi connectivity index (χ2v) is 4.21. The zero-order valence-corrected chi connectivity index (χ0v) is 10.6. The molecule has 1 aromatic carbocycles. The van der Waals surface area contributed by atoms with Crippen molar-refractivity contribution in [3.63, 3.8) is 0 Å². The van der Waals surface area contributed by atoms with Gasteiger partial charge in [0.05, 0.1) is 24.0 Å². The smallest absolute Gasteiger partial charge is 0.337 e. The van der Waals surface area contributed by atoms with Gasteiger partial charge in [-0.3, -0.25) is 4.98 Å². The lowest BCUT2D eigenvalue weighted by Crippen LogP contribution is -2.03. The van der Waals surface area contributed by atoms with Crippen molar-refractivity contribution in [1.29, 1.82) is 0 Å². The number of aromatic nitrogens is 1. The van der Waals surface area contributed by atoms with Crippen molar-refractivity contribution in [3.8, 4) is 0 Å². The van der Waals surface area contributed by atoms with Crippen LogP contribution >= 0.6 is 0 Å². The van der Waals surface area contributed by atoms with Crippen molar-refractivity contribution >= 4 is 5.97 Å². The molecule has 0 amide bonds. The highest BCUT2D eigenvalue weighted by Gasteiger charge is 2.07. The third-order valence-electron chi connectivity index (χ3n) is 2.82. The molecule has 0 spiro atoms. The van der Waals surface area contributed by atoms with Gasteiger partial charge in [-0.1, -0.05) is 30.3 Å². The molecule has 1 aromatic heterocycles. The van der Waals surface area contributed by atoms with Gasteiger partial charge < -0.3 is 9.84 Å². The van der Waals surface area contributed by atoms with Crippen molar-refractivity contribution in [2.45, 2.75) is 19.6 Å². The number of carboxylic acids is 1. The zero-order chi connectivity index (χ0) is 13.7. The number of benzene rings is 1. The highest BCUT2D eigenvalue weighted by Crippen LogP contribution is 2.17. The van der Waals surface area contributed by atoms with Crippen LogP contribution in [0.15, 0.2) is 48.7 Å². The summed E-state index contributed by atoms with van der Waals surface area (Å²) in [6.45, 7) is 2.33. The Morgan fingerprint density at radius 1 is 1.26 bits per heavy atom. The monoisotopic (exact) mass is 257 g/mol. The van der Waals surface area contributed by atoms with Crippen LogP contribution in [0.4, 0.5) is 0 Å². The molecule has 1 heterocycles. The largest absolute Gasteiger partial charge is 0.478 e. The van der Waals surface area contributed by atoms with Crippen LogP contribution in [0.1, 0.15) is 34.6 Å². The van der Waals surface area contributed by atoms with Crippen LogP contribution < -0.4 is 0 Å². The number of carbonyl (C=O) groups is 1. The second-order valence-electron chi connectivity index (χ2n) is 4.21. The fourth-order valence-electron chi connectivity index (χ4n) is 1.67. The summed E-state index contributed by atoms with van der Waals surface area (Å²) in [4.78, 5) is 14.8. The van der Waals surface area contributed by atoms with E-state index < -0.39 is 5.97 Å². The normalized spacial score (nSPS) is 12.1. The summed E-state index contributed by atoms with van der Waals surface area (Å²) in [5.41, 5.74) is 2.00. The molecule has 0 saturated heterocycles. The van der Waals surface area contributed by atoms with Crippen LogP contribution in [0, 0.1) is 0 Å². The molecular weight excluding hydrogens is 242 g/mol. The van der Waals surface area contributed by atoms with Crippen molar-refractivity contribution in [3.05, 3.63) is 65.5 Å². The molecule has 0 aliphatic rings. The molecule has 0 fully saturated rings. The van der Waals surface area contributed by atoms with E-state index in [1.54, 1.807) is 6.07 Å². The number of rotatable bonds is 5. The maximum Gasteiger partial charge on any atom is 0.337 e. The molecule has 0 aliphatic carbocycles. The van der Waals surface area contributed by atoms with Gasteiger partial charge in [0.1, 0.15) is 0 Å². The molecule has 1 N–H and O–H groups in total. The molecule has 0 bridgehead atoms. The number of hydrogen-bond donors (Lipinski definition) is 1. The Bertz CT molecular complexity index is 537. The first kappa shape index (κ1) is 13.2. The highest BCUT2D eigenvalue weighted by atomic mass is 16.5. The molecule has 2 aromatic rings. The maximum absolute atomic E-state index is 10.7. The van der Waals surface area contributed by atoms with E-state index in [1.807, 2.05) is 37.3 Å².